The van der Waals surface area contributed by atoms with E-state index in [1.807, 2.05) is 11.3 Å². The monoisotopic (exact) mass is 296 g/mol. The van der Waals surface area contributed by atoms with E-state index >= 15 is 0 Å². The van der Waals surface area contributed by atoms with E-state index in [-0.39, 0.29) is 10.8 Å². The average Bonchev–Trinajstić information content (AvgIpc) is 2.87. The smallest absolute Gasteiger partial charge is 0.176 e. The van der Waals surface area contributed by atoms with Crippen LogP contribution in [0.5, 0.6) is 11.5 Å². The van der Waals surface area contributed by atoms with Crippen LogP contribution in [-0.4, -0.2) is 13.2 Å². The van der Waals surface area contributed by atoms with Crippen molar-refractivity contribution in [3.63, 3.8) is 0 Å². The molecule has 0 unspecified atom stereocenters. The molecule has 0 amide bonds. The van der Waals surface area contributed by atoms with Gasteiger partial charge >= 0.3 is 0 Å². The zero-order valence-electron chi connectivity index (χ0n) is 13.8. The normalized spacial score (nSPS) is 15.5. The predicted molar refractivity (Wildman–Crippen MR) is 86.6 cm³/mol. The van der Waals surface area contributed by atoms with Crippen molar-refractivity contribution in [3.8, 4) is 11.5 Å². The van der Waals surface area contributed by atoms with Crippen molar-refractivity contribution < 1.29 is 9.47 Å². The van der Waals surface area contributed by atoms with Crippen molar-refractivity contribution in [2.45, 2.75) is 71.6 Å². The lowest BCUT2D eigenvalue weighted by molar-refractivity contribution is 0.166. The number of ether oxygens (including phenoxy) is 2. The molecule has 0 aliphatic carbocycles. The van der Waals surface area contributed by atoms with E-state index in [9.17, 15) is 0 Å². The largest absolute Gasteiger partial charge is 0.485 e. The summed E-state index contributed by atoms with van der Waals surface area (Å²) in [6, 6.07) is 0. The SMILES string of the molecule is CCC(C)(C)c1sc(C(C)(CC)CC)c2c1OCCO2. The maximum Gasteiger partial charge on any atom is 0.176 e. The Kier molecular flexibility index (Phi) is 4.38. The number of rotatable bonds is 5. The first-order chi connectivity index (χ1) is 9.39. The Hall–Kier alpha value is -0.700. The lowest BCUT2D eigenvalue weighted by atomic mass is 9.82. The quantitative estimate of drug-likeness (QED) is 0.735. The van der Waals surface area contributed by atoms with Crippen LogP contribution >= 0.6 is 11.3 Å². The Morgan fingerprint density at radius 3 is 1.80 bits per heavy atom. The first-order valence-corrected chi connectivity index (χ1v) is 8.64. The third-order valence-corrected chi connectivity index (χ3v) is 6.83. The van der Waals surface area contributed by atoms with Gasteiger partial charge in [0.15, 0.2) is 11.5 Å². The van der Waals surface area contributed by atoms with Gasteiger partial charge in [0.05, 0.1) is 9.75 Å². The maximum absolute atomic E-state index is 6.01. The second-order valence-corrected chi connectivity index (χ2v) is 7.64. The fraction of sp³-hybridized carbons (Fsp3) is 0.765. The summed E-state index contributed by atoms with van der Waals surface area (Å²) in [7, 11) is 0. The lowest BCUT2D eigenvalue weighted by Crippen LogP contribution is -2.22. The second-order valence-electron chi connectivity index (χ2n) is 6.62. The highest BCUT2D eigenvalue weighted by Crippen LogP contribution is 2.54. The minimum absolute atomic E-state index is 0.149. The molecule has 0 aromatic carbocycles. The summed E-state index contributed by atoms with van der Waals surface area (Å²) in [4.78, 5) is 2.74. The van der Waals surface area contributed by atoms with E-state index in [0.29, 0.717) is 13.2 Å². The van der Waals surface area contributed by atoms with E-state index in [4.69, 9.17) is 9.47 Å². The molecule has 0 bridgehead atoms. The molecule has 0 radical (unpaired) electrons. The maximum atomic E-state index is 6.01. The lowest BCUT2D eigenvalue weighted by Gasteiger charge is -2.27. The number of thiophene rings is 1. The standard InChI is InChI=1S/C17H28O2S/c1-7-16(4,5)14-12-13(19-11-10-18-12)15(20-14)17(6,8-2)9-3/h7-11H2,1-6H3. The zero-order valence-corrected chi connectivity index (χ0v) is 14.6. The molecule has 3 heteroatoms. The Morgan fingerprint density at radius 1 is 0.850 bits per heavy atom. The van der Waals surface area contributed by atoms with Crippen LogP contribution in [0.4, 0.5) is 0 Å². The van der Waals surface area contributed by atoms with E-state index < -0.39 is 0 Å². The molecule has 1 aromatic heterocycles. The van der Waals surface area contributed by atoms with E-state index in [2.05, 4.69) is 41.5 Å². The van der Waals surface area contributed by atoms with Crippen molar-refractivity contribution >= 4 is 11.3 Å². The molecular formula is C17H28O2S. The molecule has 0 saturated carbocycles. The van der Waals surface area contributed by atoms with Gasteiger partial charge in [-0.25, -0.2) is 0 Å². The fourth-order valence-corrected chi connectivity index (χ4v) is 4.17. The third-order valence-electron chi connectivity index (χ3n) is 5.01. The molecule has 20 heavy (non-hydrogen) atoms. The van der Waals surface area contributed by atoms with Crippen LogP contribution in [0.15, 0.2) is 0 Å². The summed E-state index contributed by atoms with van der Waals surface area (Å²) in [6.45, 7) is 15.1. The zero-order chi connectivity index (χ0) is 15.0. The molecule has 2 rings (SSSR count). The van der Waals surface area contributed by atoms with Gasteiger partial charge < -0.3 is 9.47 Å². The van der Waals surface area contributed by atoms with Gasteiger partial charge in [-0.1, -0.05) is 41.5 Å². The topological polar surface area (TPSA) is 18.5 Å². The number of hydrogen-bond donors (Lipinski definition) is 0. The van der Waals surface area contributed by atoms with Crippen molar-refractivity contribution in [2.24, 2.45) is 0 Å². The number of fused-ring (bicyclic) bond motifs is 1. The minimum Gasteiger partial charge on any atom is -0.485 e. The van der Waals surface area contributed by atoms with Crippen LogP contribution in [0.3, 0.4) is 0 Å². The summed E-state index contributed by atoms with van der Waals surface area (Å²) in [5.41, 5.74) is 0.341. The van der Waals surface area contributed by atoms with Gasteiger partial charge in [-0.3, -0.25) is 0 Å². The Labute approximate surface area is 127 Å². The molecule has 1 aromatic rings. The second kappa shape index (κ2) is 5.59. The Balaban J connectivity index is 2.60. The molecule has 0 fully saturated rings. The van der Waals surface area contributed by atoms with Crippen molar-refractivity contribution in [1.82, 2.24) is 0 Å². The highest BCUT2D eigenvalue weighted by Gasteiger charge is 2.38. The highest BCUT2D eigenvalue weighted by molar-refractivity contribution is 7.13. The van der Waals surface area contributed by atoms with Crippen LogP contribution in [0, 0.1) is 0 Å². The Morgan fingerprint density at radius 2 is 1.35 bits per heavy atom. The molecule has 0 atom stereocenters. The van der Waals surface area contributed by atoms with E-state index in [1.54, 1.807) is 0 Å². The van der Waals surface area contributed by atoms with Crippen LogP contribution in [-0.2, 0) is 10.8 Å². The van der Waals surface area contributed by atoms with Crippen LogP contribution in [0.1, 0.15) is 70.6 Å². The molecule has 0 N–H and O–H groups in total. The summed E-state index contributed by atoms with van der Waals surface area (Å²) >= 11 is 1.91. The third kappa shape index (κ3) is 2.45. The number of hydrogen-bond acceptors (Lipinski definition) is 3. The van der Waals surface area contributed by atoms with Gasteiger partial charge in [0.2, 0.25) is 0 Å². The first kappa shape index (κ1) is 15.7. The highest BCUT2D eigenvalue weighted by atomic mass is 32.1. The molecule has 1 aliphatic heterocycles. The molecule has 2 heterocycles. The van der Waals surface area contributed by atoms with Crippen LogP contribution in [0.25, 0.3) is 0 Å². The predicted octanol–water partition coefficient (Wildman–Crippen LogP) is 5.28. The summed E-state index contributed by atoms with van der Waals surface area (Å²) in [6.07, 6.45) is 3.37. The minimum atomic E-state index is 0.149. The van der Waals surface area contributed by atoms with Crippen molar-refractivity contribution in [2.75, 3.05) is 13.2 Å². The van der Waals surface area contributed by atoms with Gasteiger partial charge in [0.1, 0.15) is 13.2 Å². The van der Waals surface area contributed by atoms with Crippen molar-refractivity contribution in [1.29, 1.82) is 0 Å². The fourth-order valence-electron chi connectivity index (χ4n) is 2.53. The summed E-state index contributed by atoms with van der Waals surface area (Å²) < 4.78 is 12.0. The van der Waals surface area contributed by atoms with Gasteiger partial charge in [-0.05, 0) is 19.3 Å². The van der Waals surface area contributed by atoms with Gasteiger partial charge in [-0.15, -0.1) is 11.3 Å². The molecule has 0 spiro atoms. The van der Waals surface area contributed by atoms with Crippen LogP contribution < -0.4 is 9.47 Å². The van der Waals surface area contributed by atoms with Gasteiger partial charge in [-0.2, -0.15) is 0 Å². The summed E-state index contributed by atoms with van der Waals surface area (Å²) in [5.74, 6) is 2.06. The van der Waals surface area contributed by atoms with E-state index in [0.717, 1.165) is 30.8 Å². The van der Waals surface area contributed by atoms with Crippen molar-refractivity contribution in [3.05, 3.63) is 9.75 Å². The van der Waals surface area contributed by atoms with Crippen LogP contribution in [0.2, 0.25) is 0 Å². The average molecular weight is 296 g/mol. The van der Waals surface area contributed by atoms with Gasteiger partial charge in [0.25, 0.3) is 0 Å². The molecule has 1 aliphatic rings. The Bertz CT molecular complexity index is 470. The van der Waals surface area contributed by atoms with E-state index in [1.165, 1.54) is 9.75 Å². The first-order valence-electron chi connectivity index (χ1n) is 7.83. The van der Waals surface area contributed by atoms with Gasteiger partial charge in [0, 0.05) is 10.8 Å². The molecule has 0 saturated heterocycles. The molecular weight excluding hydrogens is 268 g/mol. The molecule has 2 nitrogen and oxygen atoms in total. The molecule has 114 valence electrons. The summed E-state index contributed by atoms with van der Waals surface area (Å²) in [5, 5.41) is 0.